The Labute approximate surface area is 209 Å². The smallest absolute Gasteiger partial charge is 0.252 e. The highest BCUT2D eigenvalue weighted by atomic mass is 16.1. The Bertz CT molecular complexity index is 1200. The molecule has 3 aromatic rings. The maximum Gasteiger partial charge on any atom is 0.252 e. The van der Waals surface area contributed by atoms with Crippen LogP contribution in [0.3, 0.4) is 0 Å². The van der Waals surface area contributed by atoms with Gasteiger partial charge in [-0.15, -0.1) is 5.10 Å². The van der Waals surface area contributed by atoms with Gasteiger partial charge in [0.25, 0.3) is 5.56 Å². The zero-order chi connectivity index (χ0) is 25.2. The summed E-state index contributed by atoms with van der Waals surface area (Å²) in [5.41, 5.74) is 4.00. The lowest BCUT2D eigenvalue weighted by Crippen LogP contribution is -2.42. The minimum Gasteiger partial charge on any atom is -0.322 e. The molecule has 1 aliphatic carbocycles. The van der Waals surface area contributed by atoms with Crippen LogP contribution in [0.4, 0.5) is 0 Å². The fraction of sp³-hybridized carbons (Fsp3) is 0.643. The van der Waals surface area contributed by atoms with Gasteiger partial charge in [0.05, 0.1) is 11.6 Å². The third kappa shape index (κ3) is 5.35. The summed E-state index contributed by atoms with van der Waals surface area (Å²) >= 11 is 0. The Morgan fingerprint density at radius 2 is 1.83 bits per heavy atom. The largest absolute Gasteiger partial charge is 0.322 e. The Kier molecular flexibility index (Phi) is 7.74. The zero-order valence-corrected chi connectivity index (χ0v) is 22.4. The SMILES string of the molecule is CCC[C@@H](c1nnnn1C(C)(C)CC)N(Cc1cc2cc(C)c(C)cc2[nH]c1=O)C1CCCCC1. The van der Waals surface area contributed by atoms with Crippen molar-refractivity contribution >= 4 is 10.9 Å². The summed E-state index contributed by atoms with van der Waals surface area (Å²) in [4.78, 5) is 19.0. The van der Waals surface area contributed by atoms with E-state index in [2.05, 4.69) is 85.2 Å². The molecule has 4 rings (SSSR count). The van der Waals surface area contributed by atoms with Crippen LogP contribution in [0.15, 0.2) is 23.0 Å². The van der Waals surface area contributed by atoms with Crippen molar-refractivity contribution in [1.82, 2.24) is 30.1 Å². The number of pyridine rings is 1. The highest BCUT2D eigenvalue weighted by Gasteiger charge is 2.35. The summed E-state index contributed by atoms with van der Waals surface area (Å²) < 4.78 is 2.03. The first-order chi connectivity index (χ1) is 16.7. The molecule has 2 aromatic heterocycles. The number of aryl methyl sites for hydroxylation is 2. The molecule has 0 bridgehead atoms. The number of benzene rings is 1. The maximum absolute atomic E-state index is 13.3. The second kappa shape index (κ2) is 10.6. The maximum atomic E-state index is 13.3. The number of tetrazole rings is 1. The second-order valence-corrected chi connectivity index (χ2v) is 11.0. The normalized spacial score (nSPS) is 16.3. The van der Waals surface area contributed by atoms with Gasteiger partial charge in [-0.1, -0.05) is 39.5 Å². The lowest BCUT2D eigenvalue weighted by molar-refractivity contribution is 0.0770. The van der Waals surface area contributed by atoms with Crippen molar-refractivity contribution in [2.24, 2.45) is 0 Å². The number of aromatic amines is 1. The van der Waals surface area contributed by atoms with Gasteiger partial charge in [-0.25, -0.2) is 4.68 Å². The van der Waals surface area contributed by atoms with Gasteiger partial charge < -0.3 is 4.98 Å². The van der Waals surface area contributed by atoms with E-state index >= 15 is 0 Å². The molecule has 1 aliphatic rings. The molecule has 0 unspecified atom stereocenters. The first kappa shape index (κ1) is 25.5. The van der Waals surface area contributed by atoms with Gasteiger partial charge in [-0.2, -0.15) is 0 Å². The number of nitrogens with zero attached hydrogens (tertiary/aromatic N) is 5. The Morgan fingerprint density at radius 3 is 2.51 bits per heavy atom. The molecule has 7 nitrogen and oxygen atoms in total. The van der Waals surface area contributed by atoms with Gasteiger partial charge in [-0.05, 0) is 98.5 Å². The topological polar surface area (TPSA) is 79.7 Å². The standard InChI is InChI=1S/C28H42N6O/c1-7-12-25(26-30-31-32-34(26)28(5,6)8-2)33(23-13-10-9-11-14-23)18-22-17-21-15-19(3)20(4)16-24(21)29-27(22)35/h15-17,23,25H,7-14,18H2,1-6H3,(H,29,35)/t25-/m0/s1. The van der Waals surface area contributed by atoms with Crippen molar-refractivity contribution < 1.29 is 0 Å². The quantitative estimate of drug-likeness (QED) is 0.411. The molecule has 0 radical (unpaired) electrons. The van der Waals surface area contributed by atoms with E-state index in [4.69, 9.17) is 0 Å². The Hall–Kier alpha value is -2.54. The molecule has 1 aromatic carbocycles. The van der Waals surface area contributed by atoms with E-state index in [1.807, 2.05) is 4.68 Å². The van der Waals surface area contributed by atoms with E-state index in [0.29, 0.717) is 12.6 Å². The Balaban J connectivity index is 1.79. The van der Waals surface area contributed by atoms with Crippen LogP contribution in [0.2, 0.25) is 0 Å². The number of fused-ring (bicyclic) bond motifs is 1. The van der Waals surface area contributed by atoms with Crippen molar-refractivity contribution in [3.8, 4) is 0 Å². The van der Waals surface area contributed by atoms with E-state index in [1.54, 1.807) is 0 Å². The van der Waals surface area contributed by atoms with E-state index in [0.717, 1.165) is 54.4 Å². The van der Waals surface area contributed by atoms with Gasteiger partial charge in [0.1, 0.15) is 0 Å². The first-order valence-corrected chi connectivity index (χ1v) is 13.4. The van der Waals surface area contributed by atoms with Crippen LogP contribution in [0, 0.1) is 13.8 Å². The van der Waals surface area contributed by atoms with Crippen molar-refractivity contribution in [3.05, 3.63) is 51.1 Å². The molecule has 190 valence electrons. The van der Waals surface area contributed by atoms with Crippen molar-refractivity contribution in [2.45, 2.75) is 117 Å². The van der Waals surface area contributed by atoms with Crippen molar-refractivity contribution in [1.29, 1.82) is 0 Å². The van der Waals surface area contributed by atoms with Crippen LogP contribution >= 0.6 is 0 Å². The van der Waals surface area contributed by atoms with Crippen molar-refractivity contribution in [2.75, 3.05) is 0 Å². The molecule has 2 heterocycles. The summed E-state index contributed by atoms with van der Waals surface area (Å²) in [5.74, 6) is 0.924. The van der Waals surface area contributed by atoms with Gasteiger partial charge in [-0.3, -0.25) is 9.69 Å². The number of rotatable bonds is 9. The monoisotopic (exact) mass is 478 g/mol. The van der Waals surface area contributed by atoms with Gasteiger partial charge in [0, 0.05) is 23.7 Å². The predicted octanol–water partition coefficient (Wildman–Crippen LogP) is 5.95. The Morgan fingerprint density at radius 1 is 1.11 bits per heavy atom. The third-order valence-corrected chi connectivity index (χ3v) is 8.12. The van der Waals surface area contributed by atoms with E-state index in [9.17, 15) is 4.79 Å². The molecule has 0 amide bonds. The zero-order valence-electron chi connectivity index (χ0n) is 22.4. The lowest BCUT2D eigenvalue weighted by Gasteiger charge is -2.40. The molecular formula is C28H42N6O. The molecule has 35 heavy (non-hydrogen) atoms. The first-order valence-electron chi connectivity index (χ1n) is 13.4. The van der Waals surface area contributed by atoms with Crippen LogP contribution in [0.25, 0.3) is 10.9 Å². The number of nitrogens with one attached hydrogen (secondary N) is 1. The highest BCUT2D eigenvalue weighted by Crippen LogP contribution is 2.35. The minimum absolute atomic E-state index is 0.00490. The van der Waals surface area contributed by atoms with E-state index in [-0.39, 0.29) is 17.1 Å². The van der Waals surface area contributed by atoms with Gasteiger partial charge >= 0.3 is 0 Å². The summed E-state index contributed by atoms with van der Waals surface area (Å²) in [6.07, 6.45) is 9.00. The molecule has 1 atom stereocenters. The number of aromatic nitrogens is 5. The highest BCUT2D eigenvalue weighted by molar-refractivity contribution is 5.80. The summed E-state index contributed by atoms with van der Waals surface area (Å²) in [6.45, 7) is 13.6. The molecule has 1 fully saturated rings. The second-order valence-electron chi connectivity index (χ2n) is 11.0. The summed E-state index contributed by atoms with van der Waals surface area (Å²) in [6, 6.07) is 6.85. The van der Waals surface area contributed by atoms with Gasteiger partial charge in [0.2, 0.25) is 0 Å². The van der Waals surface area contributed by atoms with Gasteiger partial charge in [0.15, 0.2) is 5.82 Å². The predicted molar refractivity (Wildman–Crippen MR) is 142 cm³/mol. The fourth-order valence-electron chi connectivity index (χ4n) is 5.44. The molecular weight excluding hydrogens is 436 g/mol. The lowest BCUT2D eigenvalue weighted by atomic mass is 9.91. The summed E-state index contributed by atoms with van der Waals surface area (Å²) in [7, 11) is 0. The van der Waals surface area contributed by atoms with Crippen LogP contribution in [0.1, 0.15) is 108 Å². The molecule has 0 saturated heterocycles. The number of hydrogen-bond donors (Lipinski definition) is 1. The molecule has 7 heteroatoms. The molecule has 1 N–H and O–H groups in total. The summed E-state index contributed by atoms with van der Waals surface area (Å²) in [5, 5.41) is 14.2. The van der Waals surface area contributed by atoms with Crippen LogP contribution < -0.4 is 5.56 Å². The number of hydrogen-bond acceptors (Lipinski definition) is 5. The van der Waals surface area contributed by atoms with Crippen LogP contribution in [-0.4, -0.2) is 36.1 Å². The molecule has 0 spiro atoms. The molecule has 0 aliphatic heterocycles. The number of H-pyrrole nitrogens is 1. The molecule has 1 saturated carbocycles. The fourth-order valence-corrected chi connectivity index (χ4v) is 5.44. The van der Waals surface area contributed by atoms with Crippen molar-refractivity contribution in [3.63, 3.8) is 0 Å². The third-order valence-electron chi connectivity index (χ3n) is 8.12. The van der Waals surface area contributed by atoms with Crippen LogP contribution in [0.5, 0.6) is 0 Å². The average molecular weight is 479 g/mol. The van der Waals surface area contributed by atoms with E-state index in [1.165, 1.54) is 30.4 Å². The van der Waals surface area contributed by atoms with Crippen LogP contribution in [-0.2, 0) is 12.1 Å². The van der Waals surface area contributed by atoms with E-state index < -0.39 is 0 Å². The minimum atomic E-state index is -0.168. The average Bonchev–Trinajstić information content (AvgIpc) is 3.34.